The molecule has 0 aliphatic heterocycles. The molecule has 0 saturated heterocycles. The summed E-state index contributed by atoms with van der Waals surface area (Å²) in [7, 11) is 1.41. The minimum atomic E-state index is -0.757. The van der Waals surface area contributed by atoms with Crippen LogP contribution in [-0.2, 0) is 19.1 Å². The van der Waals surface area contributed by atoms with E-state index < -0.39 is 36.5 Å². The Morgan fingerprint density at radius 2 is 1.57 bits per heavy atom. The van der Waals surface area contributed by atoms with E-state index in [4.69, 9.17) is 23.7 Å². The second-order valence-electron chi connectivity index (χ2n) is 9.40. The third kappa shape index (κ3) is 8.77. The highest BCUT2D eigenvalue weighted by molar-refractivity contribution is 5.99. The molecular formula is C28H37NO8. The second-order valence-corrected chi connectivity index (χ2v) is 9.40. The van der Waals surface area contributed by atoms with E-state index in [9.17, 15) is 14.4 Å². The minimum absolute atomic E-state index is 0.0238. The van der Waals surface area contributed by atoms with Gasteiger partial charge < -0.3 is 23.7 Å². The highest BCUT2D eigenvalue weighted by Gasteiger charge is 2.34. The first-order valence-corrected chi connectivity index (χ1v) is 12.3. The zero-order chi connectivity index (χ0) is 27.5. The lowest BCUT2D eigenvalue weighted by molar-refractivity contribution is -0.163. The predicted molar refractivity (Wildman–Crippen MR) is 137 cm³/mol. The van der Waals surface area contributed by atoms with Crippen molar-refractivity contribution in [2.24, 2.45) is 17.8 Å². The summed E-state index contributed by atoms with van der Waals surface area (Å²) in [4.78, 5) is 41.4. The molecule has 9 nitrogen and oxygen atoms in total. The molecule has 0 fully saturated rings. The Morgan fingerprint density at radius 1 is 0.919 bits per heavy atom. The Kier molecular flexibility index (Phi) is 11.4. The number of para-hydroxylation sites is 1. The van der Waals surface area contributed by atoms with Crippen molar-refractivity contribution in [1.29, 1.82) is 0 Å². The number of ether oxygens (including phenoxy) is 5. The van der Waals surface area contributed by atoms with Crippen LogP contribution in [0.5, 0.6) is 17.2 Å². The summed E-state index contributed by atoms with van der Waals surface area (Å²) in [6, 6.07) is 10.9. The maximum absolute atomic E-state index is 13.1. The van der Waals surface area contributed by atoms with Gasteiger partial charge in [0, 0.05) is 25.6 Å². The highest BCUT2D eigenvalue weighted by Crippen LogP contribution is 2.31. The monoisotopic (exact) mass is 515 g/mol. The number of nitrogens with zero attached hydrogens (tertiary/aromatic N) is 1. The lowest BCUT2D eigenvalue weighted by Gasteiger charge is -2.33. The number of aromatic nitrogens is 1. The Labute approximate surface area is 218 Å². The first kappa shape index (κ1) is 29.6. The number of methoxy groups -OCH3 is 1. The van der Waals surface area contributed by atoms with Crippen LogP contribution in [0.2, 0.25) is 0 Å². The van der Waals surface area contributed by atoms with E-state index in [2.05, 4.69) is 4.98 Å². The van der Waals surface area contributed by atoms with E-state index in [1.54, 1.807) is 6.92 Å². The van der Waals surface area contributed by atoms with E-state index >= 15 is 0 Å². The number of carbonyl (C=O) groups is 3. The molecule has 0 aliphatic carbocycles. The fraction of sp³-hybridized carbons (Fsp3) is 0.500. The third-order valence-electron chi connectivity index (χ3n) is 5.62. The maximum Gasteiger partial charge on any atom is 0.309 e. The highest BCUT2D eigenvalue weighted by atomic mass is 16.7. The van der Waals surface area contributed by atoms with Crippen LogP contribution in [-0.4, -0.2) is 48.8 Å². The molecule has 202 valence electrons. The topological polar surface area (TPSA) is 110 Å². The molecule has 0 bridgehead atoms. The summed E-state index contributed by atoms with van der Waals surface area (Å²) in [6.07, 6.45) is 0.328. The minimum Gasteiger partial charge on any atom is -0.493 e. The molecular weight excluding hydrogens is 478 g/mol. The molecule has 1 aromatic heterocycles. The summed E-state index contributed by atoms with van der Waals surface area (Å²) < 4.78 is 27.7. The molecule has 1 heterocycles. The molecule has 0 unspecified atom stereocenters. The van der Waals surface area contributed by atoms with E-state index in [1.807, 2.05) is 58.0 Å². The van der Waals surface area contributed by atoms with Crippen LogP contribution in [0.1, 0.15) is 58.5 Å². The molecule has 2 rings (SSSR count). The standard InChI is InChI=1S/C28H37NO8/c1-17(2)25(36-21-11-9-8-10-12-21)26(18(3)4)37-28(32)19(5)15-22(31)24-27(35-16-34-20(6)30)23(33-7)13-14-29-24/h8-14,17-19,25-26H,15-16H2,1-7H3/t19-,25-,26-/m1/s1. The molecule has 1 aromatic carbocycles. The first-order valence-electron chi connectivity index (χ1n) is 12.3. The summed E-state index contributed by atoms with van der Waals surface area (Å²) in [6.45, 7) is 10.4. The van der Waals surface area contributed by atoms with Gasteiger partial charge in [-0.2, -0.15) is 0 Å². The van der Waals surface area contributed by atoms with Crippen molar-refractivity contribution in [2.45, 2.75) is 60.2 Å². The largest absolute Gasteiger partial charge is 0.493 e. The van der Waals surface area contributed by atoms with Crippen molar-refractivity contribution in [3.63, 3.8) is 0 Å². The van der Waals surface area contributed by atoms with Gasteiger partial charge >= 0.3 is 11.9 Å². The van der Waals surface area contributed by atoms with Crippen molar-refractivity contribution in [1.82, 2.24) is 4.98 Å². The molecule has 0 spiro atoms. The first-order chi connectivity index (χ1) is 17.5. The van der Waals surface area contributed by atoms with Crippen molar-refractivity contribution in [3.05, 3.63) is 48.3 Å². The van der Waals surface area contributed by atoms with Crippen LogP contribution in [0, 0.1) is 17.8 Å². The average Bonchev–Trinajstić information content (AvgIpc) is 2.85. The SMILES string of the molecule is COc1ccnc(C(=O)C[C@@H](C)C(=O)O[C@H](C(C)C)[C@H](Oc2ccccc2)C(C)C)c1OCOC(C)=O. The van der Waals surface area contributed by atoms with Crippen LogP contribution in [0.4, 0.5) is 0 Å². The Bertz CT molecular complexity index is 1040. The van der Waals surface area contributed by atoms with Crippen LogP contribution in [0.3, 0.4) is 0 Å². The third-order valence-corrected chi connectivity index (χ3v) is 5.62. The molecule has 0 aliphatic rings. The Hall–Kier alpha value is -3.62. The van der Waals surface area contributed by atoms with Gasteiger partial charge in [-0.1, -0.05) is 52.8 Å². The van der Waals surface area contributed by atoms with E-state index in [0.717, 1.165) is 0 Å². The summed E-state index contributed by atoms with van der Waals surface area (Å²) in [5.74, 6) is -1.24. The van der Waals surface area contributed by atoms with E-state index in [0.29, 0.717) is 5.75 Å². The maximum atomic E-state index is 13.1. The number of rotatable bonds is 14. The van der Waals surface area contributed by atoms with Crippen molar-refractivity contribution < 1.29 is 38.1 Å². The van der Waals surface area contributed by atoms with Gasteiger partial charge in [-0.05, 0) is 24.0 Å². The molecule has 3 atom stereocenters. The number of ketones is 1. The molecule has 9 heteroatoms. The van der Waals surface area contributed by atoms with Crippen molar-refractivity contribution in [2.75, 3.05) is 13.9 Å². The molecule has 0 amide bonds. The summed E-state index contributed by atoms with van der Waals surface area (Å²) in [5.41, 5.74) is -0.0287. The number of esters is 2. The zero-order valence-electron chi connectivity index (χ0n) is 22.6. The van der Waals surface area contributed by atoms with Crippen molar-refractivity contribution >= 4 is 17.7 Å². The molecule has 0 saturated carbocycles. The van der Waals surface area contributed by atoms with Crippen LogP contribution >= 0.6 is 0 Å². The van der Waals surface area contributed by atoms with Gasteiger partial charge in [-0.15, -0.1) is 0 Å². The quantitative estimate of drug-likeness (QED) is 0.198. The van der Waals surface area contributed by atoms with Gasteiger partial charge in [0.05, 0.1) is 13.0 Å². The zero-order valence-corrected chi connectivity index (χ0v) is 22.6. The van der Waals surface area contributed by atoms with Gasteiger partial charge in [0.15, 0.2) is 23.0 Å². The number of hydrogen-bond acceptors (Lipinski definition) is 9. The number of Topliss-reactive ketones (excluding diaryl/α,β-unsaturated/α-hetero) is 1. The number of hydrogen-bond donors (Lipinski definition) is 0. The molecule has 37 heavy (non-hydrogen) atoms. The van der Waals surface area contributed by atoms with Gasteiger partial charge in [0.25, 0.3) is 0 Å². The fourth-order valence-electron chi connectivity index (χ4n) is 3.63. The number of benzene rings is 1. The van der Waals surface area contributed by atoms with Crippen LogP contribution < -0.4 is 14.2 Å². The Balaban J connectivity index is 2.15. The molecule has 2 aromatic rings. The number of carbonyl (C=O) groups excluding carboxylic acids is 3. The predicted octanol–water partition coefficient (Wildman–Crippen LogP) is 4.87. The van der Waals surface area contributed by atoms with Gasteiger partial charge in [0.1, 0.15) is 18.0 Å². The average molecular weight is 516 g/mol. The van der Waals surface area contributed by atoms with Crippen LogP contribution in [0.25, 0.3) is 0 Å². The van der Waals surface area contributed by atoms with Gasteiger partial charge in [-0.3, -0.25) is 14.4 Å². The molecule has 0 radical (unpaired) electrons. The van der Waals surface area contributed by atoms with Crippen LogP contribution in [0.15, 0.2) is 42.6 Å². The smallest absolute Gasteiger partial charge is 0.309 e. The van der Waals surface area contributed by atoms with Crippen molar-refractivity contribution in [3.8, 4) is 17.2 Å². The normalized spacial score (nSPS) is 13.4. The Morgan fingerprint density at radius 3 is 2.14 bits per heavy atom. The van der Waals surface area contributed by atoms with Gasteiger partial charge in [0.2, 0.25) is 6.79 Å². The summed E-state index contributed by atoms with van der Waals surface area (Å²) in [5, 5.41) is 0. The second kappa shape index (κ2) is 14.2. The summed E-state index contributed by atoms with van der Waals surface area (Å²) >= 11 is 0. The van der Waals surface area contributed by atoms with E-state index in [1.165, 1.54) is 26.3 Å². The lowest BCUT2D eigenvalue weighted by Crippen LogP contribution is -2.43. The fourth-order valence-corrected chi connectivity index (χ4v) is 3.63. The number of pyridine rings is 1. The molecule has 0 N–H and O–H groups in total. The van der Waals surface area contributed by atoms with Gasteiger partial charge in [-0.25, -0.2) is 4.98 Å². The van der Waals surface area contributed by atoms with E-state index in [-0.39, 0.29) is 41.6 Å². The lowest BCUT2D eigenvalue weighted by atomic mass is 9.93.